The summed E-state index contributed by atoms with van der Waals surface area (Å²) < 4.78 is 0. The predicted octanol–water partition coefficient (Wildman–Crippen LogP) is 3.25. The van der Waals surface area contributed by atoms with Crippen LogP contribution in [-0.4, -0.2) is 49.4 Å². The number of rotatable bonds is 0. The van der Waals surface area contributed by atoms with Gasteiger partial charge in [0.25, 0.3) is 0 Å². The summed E-state index contributed by atoms with van der Waals surface area (Å²) in [6, 6.07) is 0. The van der Waals surface area contributed by atoms with Crippen LogP contribution < -0.4 is 0 Å². The van der Waals surface area contributed by atoms with Crippen molar-refractivity contribution < 1.29 is 4.79 Å². The number of likely N-dealkylation sites (tertiary alicyclic amines) is 2. The maximum atomic E-state index is 11.9. The lowest BCUT2D eigenvalue weighted by atomic mass is 9.79. The monoisotopic (exact) mass is 258 g/mol. The zero-order chi connectivity index (χ0) is 13.5. The smallest absolute Gasteiger partial charge is 0.229 e. The highest BCUT2D eigenvalue weighted by molar-refractivity contribution is 5.85. The van der Waals surface area contributed by atoms with Gasteiger partial charge in [-0.05, 0) is 32.9 Å². The number of amides is 1. The molecule has 2 aliphatic rings. The molecule has 0 aromatic rings. The molecule has 2 heterocycles. The largest absolute Gasteiger partial charge is 0.345 e. The van der Waals surface area contributed by atoms with Gasteiger partial charge in [-0.1, -0.05) is 35.1 Å². The van der Waals surface area contributed by atoms with Gasteiger partial charge in [-0.3, -0.25) is 4.79 Å². The van der Waals surface area contributed by atoms with Crippen molar-refractivity contribution in [1.29, 1.82) is 0 Å². The molecule has 0 N–H and O–H groups in total. The normalized spacial score (nSPS) is 26.8. The average molecular weight is 258 g/mol. The molecule has 0 saturated carbocycles. The summed E-state index contributed by atoms with van der Waals surface area (Å²) in [5.41, 5.74) is -0.0122. The van der Waals surface area contributed by atoms with Crippen LogP contribution in [0.3, 0.4) is 0 Å². The Balaban J connectivity index is 0. The Hall–Kier alpha value is -0.570. The van der Waals surface area contributed by atoms with Crippen molar-refractivity contribution >= 4 is 5.91 Å². The van der Waals surface area contributed by atoms with E-state index >= 15 is 0 Å². The molecule has 1 atom stereocenters. The summed E-state index contributed by atoms with van der Waals surface area (Å²) >= 11 is 0. The zero-order valence-electron chi connectivity index (χ0n) is 12.5. The molecule has 110 valence electrons. The molecule has 0 aliphatic carbocycles. The second-order valence-electron chi connectivity index (χ2n) is 4.60. The van der Waals surface area contributed by atoms with Crippen LogP contribution in [0.15, 0.2) is 0 Å². The van der Waals surface area contributed by atoms with Gasteiger partial charge in [-0.25, -0.2) is 0 Å². The topological polar surface area (TPSA) is 23.6 Å². The van der Waals surface area contributed by atoms with E-state index in [4.69, 9.17) is 0 Å². The van der Waals surface area contributed by atoms with Crippen LogP contribution in [0.4, 0.5) is 0 Å². The third-order valence-electron chi connectivity index (χ3n) is 3.49. The van der Waals surface area contributed by atoms with Crippen LogP contribution in [0.2, 0.25) is 0 Å². The minimum absolute atomic E-state index is 0. The van der Waals surface area contributed by atoms with Gasteiger partial charge in [0.2, 0.25) is 5.91 Å². The first-order valence-corrected chi connectivity index (χ1v) is 7.08. The van der Waals surface area contributed by atoms with Crippen molar-refractivity contribution in [3.8, 4) is 0 Å². The molecule has 3 nitrogen and oxygen atoms in total. The number of hydrogen-bond acceptors (Lipinski definition) is 2. The lowest BCUT2D eigenvalue weighted by molar-refractivity contribution is -0.137. The fourth-order valence-corrected chi connectivity index (χ4v) is 2.74. The first kappa shape index (κ1) is 19.8. The average Bonchev–Trinajstić information content (AvgIpc) is 2.63. The van der Waals surface area contributed by atoms with E-state index in [1.54, 1.807) is 0 Å². The fourth-order valence-electron chi connectivity index (χ4n) is 2.74. The van der Waals surface area contributed by atoms with Crippen LogP contribution in [-0.2, 0) is 4.79 Å². The Kier molecular flexibility index (Phi) is 10.3. The first-order chi connectivity index (χ1) is 8.14. The van der Waals surface area contributed by atoms with Crippen molar-refractivity contribution in [1.82, 2.24) is 9.80 Å². The molecule has 2 saturated heterocycles. The van der Waals surface area contributed by atoms with Gasteiger partial charge in [0.15, 0.2) is 0 Å². The van der Waals surface area contributed by atoms with E-state index in [1.165, 1.54) is 6.42 Å². The molecule has 2 rings (SSSR count). The van der Waals surface area contributed by atoms with E-state index in [0.717, 1.165) is 32.5 Å². The minimum Gasteiger partial charge on any atom is -0.345 e. The predicted molar refractivity (Wildman–Crippen MR) is 80.8 cm³/mol. The molecule has 3 heteroatoms. The van der Waals surface area contributed by atoms with Crippen LogP contribution >= 0.6 is 0 Å². The molecule has 2 fully saturated rings. The molecule has 2 aliphatic heterocycles. The molecular formula is C15H34N2O. The van der Waals surface area contributed by atoms with Crippen molar-refractivity contribution in [3.05, 3.63) is 0 Å². The molecule has 1 amide bonds. The third kappa shape index (κ3) is 4.27. The van der Waals surface area contributed by atoms with Gasteiger partial charge in [0, 0.05) is 20.1 Å². The lowest BCUT2D eigenvalue weighted by Crippen LogP contribution is -2.45. The quantitative estimate of drug-likeness (QED) is 0.666. The van der Waals surface area contributed by atoms with Crippen molar-refractivity contribution in [3.63, 3.8) is 0 Å². The van der Waals surface area contributed by atoms with Crippen molar-refractivity contribution in [2.45, 2.75) is 54.4 Å². The van der Waals surface area contributed by atoms with E-state index in [0.29, 0.717) is 5.91 Å². The van der Waals surface area contributed by atoms with Crippen LogP contribution in [0, 0.1) is 5.41 Å². The standard InChI is InChI=1S/C10H18N2O.2C2H6.CH4/c1-11-6-3-4-10(8-11)5-7-12(2)9(10)13;2*1-2;/h3-8H2,1-2H3;2*1-2H3;1H4/t10-;;;/m1.../s1. The number of carbonyl (C=O) groups is 1. The molecule has 0 aromatic carbocycles. The second kappa shape index (κ2) is 9.37. The number of carbonyl (C=O) groups excluding carboxylic acids is 1. The summed E-state index contributed by atoms with van der Waals surface area (Å²) in [6.07, 6.45) is 3.34. The molecule has 0 radical (unpaired) electrons. The Morgan fingerprint density at radius 2 is 1.56 bits per heavy atom. The van der Waals surface area contributed by atoms with Gasteiger partial charge in [-0.2, -0.15) is 0 Å². The molecule has 1 spiro atoms. The highest BCUT2D eigenvalue weighted by Crippen LogP contribution is 2.38. The molecule has 0 aromatic heterocycles. The van der Waals surface area contributed by atoms with Crippen LogP contribution in [0.1, 0.15) is 54.4 Å². The summed E-state index contributed by atoms with van der Waals surface area (Å²) in [5.74, 6) is 0.374. The second-order valence-corrected chi connectivity index (χ2v) is 4.60. The van der Waals surface area contributed by atoms with E-state index < -0.39 is 0 Å². The zero-order valence-corrected chi connectivity index (χ0v) is 12.5. The van der Waals surface area contributed by atoms with E-state index in [-0.39, 0.29) is 12.8 Å². The van der Waals surface area contributed by atoms with Crippen LogP contribution in [0.25, 0.3) is 0 Å². The third-order valence-corrected chi connectivity index (χ3v) is 3.49. The van der Waals surface area contributed by atoms with Gasteiger partial charge < -0.3 is 9.80 Å². The summed E-state index contributed by atoms with van der Waals surface area (Å²) in [4.78, 5) is 16.1. The number of piperidine rings is 1. The fraction of sp³-hybridized carbons (Fsp3) is 0.933. The summed E-state index contributed by atoms with van der Waals surface area (Å²) in [7, 11) is 4.04. The van der Waals surface area contributed by atoms with E-state index in [1.807, 2.05) is 39.6 Å². The summed E-state index contributed by atoms with van der Waals surface area (Å²) in [6.45, 7) is 11.1. The van der Waals surface area contributed by atoms with Crippen molar-refractivity contribution in [2.75, 3.05) is 33.7 Å². The minimum atomic E-state index is -0.0122. The van der Waals surface area contributed by atoms with Gasteiger partial charge in [0.1, 0.15) is 0 Å². The van der Waals surface area contributed by atoms with Gasteiger partial charge in [-0.15, -0.1) is 0 Å². The Labute approximate surface area is 115 Å². The Morgan fingerprint density at radius 1 is 1.00 bits per heavy atom. The SMILES string of the molecule is C.CC.CC.CN1CCC[C@@]2(CCN(C)C2=O)C1. The van der Waals surface area contributed by atoms with Crippen LogP contribution in [0.5, 0.6) is 0 Å². The Morgan fingerprint density at radius 3 is 1.94 bits per heavy atom. The number of hydrogen-bond donors (Lipinski definition) is 0. The van der Waals surface area contributed by atoms with Gasteiger partial charge >= 0.3 is 0 Å². The van der Waals surface area contributed by atoms with Crippen molar-refractivity contribution in [2.24, 2.45) is 5.41 Å². The Bertz CT molecular complexity index is 227. The highest BCUT2D eigenvalue weighted by Gasteiger charge is 2.46. The molecule has 0 bridgehead atoms. The molecule has 0 unspecified atom stereocenters. The highest BCUT2D eigenvalue weighted by atomic mass is 16.2. The maximum Gasteiger partial charge on any atom is 0.229 e. The molecule has 18 heavy (non-hydrogen) atoms. The molecular weight excluding hydrogens is 224 g/mol. The number of nitrogens with zero attached hydrogens (tertiary/aromatic N) is 2. The maximum absolute atomic E-state index is 11.9. The van der Waals surface area contributed by atoms with Gasteiger partial charge in [0.05, 0.1) is 5.41 Å². The first-order valence-electron chi connectivity index (χ1n) is 7.08. The van der Waals surface area contributed by atoms with E-state index in [2.05, 4.69) is 11.9 Å². The lowest BCUT2D eigenvalue weighted by Gasteiger charge is -2.36. The summed E-state index contributed by atoms with van der Waals surface area (Å²) in [5, 5.41) is 0. The van der Waals surface area contributed by atoms with E-state index in [9.17, 15) is 4.79 Å².